The van der Waals surface area contributed by atoms with Gasteiger partial charge in [0.2, 0.25) is 0 Å². The molecule has 0 saturated carbocycles. The molecule has 4 rings (SSSR count). The molecule has 0 fully saturated rings. The molecular formula is C36H47NO2S. The van der Waals surface area contributed by atoms with Gasteiger partial charge in [0.15, 0.2) is 0 Å². The Morgan fingerprint density at radius 3 is 1.60 bits per heavy atom. The maximum atomic E-state index is 11.3. The predicted molar refractivity (Wildman–Crippen MR) is 172 cm³/mol. The molecular weight excluding hydrogens is 510 g/mol. The van der Waals surface area contributed by atoms with Gasteiger partial charge in [0.25, 0.3) is 0 Å². The van der Waals surface area contributed by atoms with E-state index in [0.29, 0.717) is 5.75 Å². The van der Waals surface area contributed by atoms with Crippen LogP contribution in [0, 0.1) is 5.41 Å². The molecule has 0 saturated heterocycles. The van der Waals surface area contributed by atoms with Gasteiger partial charge < -0.3 is 15.9 Å². The first kappa shape index (κ1) is 31.4. The smallest absolute Gasteiger partial charge is 0.123 e. The average molecular weight is 558 g/mol. The third-order valence-corrected chi connectivity index (χ3v) is 8.83. The summed E-state index contributed by atoms with van der Waals surface area (Å²) >= 11 is 1.68. The molecule has 3 aromatic carbocycles. The molecule has 4 N–H and O–H groups in total. The number of aromatic hydroxyl groups is 2. The van der Waals surface area contributed by atoms with Crippen molar-refractivity contribution in [2.45, 2.75) is 85.6 Å². The summed E-state index contributed by atoms with van der Waals surface area (Å²) in [6.45, 7) is 19.8. The second kappa shape index (κ2) is 12.2. The molecule has 0 amide bonds. The Labute approximate surface area is 245 Å². The van der Waals surface area contributed by atoms with Crippen LogP contribution in [0.1, 0.15) is 107 Å². The molecule has 0 spiro atoms. The summed E-state index contributed by atoms with van der Waals surface area (Å²) in [5, 5.41) is 25.3. The second-order valence-corrected chi connectivity index (χ2v) is 13.3. The van der Waals surface area contributed by atoms with Crippen LogP contribution in [0.4, 0.5) is 0 Å². The van der Waals surface area contributed by atoms with Crippen LogP contribution < -0.4 is 5.73 Å². The van der Waals surface area contributed by atoms with Crippen molar-refractivity contribution in [1.29, 1.82) is 0 Å². The first-order valence-electron chi connectivity index (χ1n) is 14.3. The molecule has 4 heteroatoms. The fourth-order valence-electron chi connectivity index (χ4n) is 5.56. The lowest BCUT2D eigenvalue weighted by Crippen LogP contribution is -2.24. The van der Waals surface area contributed by atoms with Crippen molar-refractivity contribution in [2.75, 3.05) is 0 Å². The number of hydrogen-bond acceptors (Lipinski definition) is 4. The Hall–Kier alpha value is -3.08. The van der Waals surface area contributed by atoms with Crippen LogP contribution in [0.15, 0.2) is 77.5 Å². The number of hydrogen-bond donors (Lipinski definition) is 3. The van der Waals surface area contributed by atoms with E-state index in [0.717, 1.165) is 22.3 Å². The fraction of sp³-hybridized carbons (Fsp3) is 0.389. The molecule has 3 nitrogen and oxygen atoms in total. The normalized spacial score (nSPS) is 12.9. The number of phenols is 2. The van der Waals surface area contributed by atoms with E-state index in [4.69, 9.17) is 5.73 Å². The van der Waals surface area contributed by atoms with E-state index < -0.39 is 0 Å². The Bertz CT molecular complexity index is 1380. The summed E-state index contributed by atoms with van der Waals surface area (Å²) in [7, 11) is 0. The minimum Gasteiger partial charge on any atom is -0.508 e. The third-order valence-electron chi connectivity index (χ3n) is 8.13. The maximum absolute atomic E-state index is 11.3. The number of thiophene rings is 1. The van der Waals surface area contributed by atoms with E-state index in [1.807, 2.05) is 26.0 Å². The van der Waals surface area contributed by atoms with Crippen molar-refractivity contribution in [3.05, 3.63) is 116 Å². The number of benzene rings is 3. The van der Waals surface area contributed by atoms with Gasteiger partial charge in [-0.05, 0) is 68.3 Å². The highest BCUT2D eigenvalue weighted by atomic mass is 32.1. The predicted octanol–water partition coefficient (Wildman–Crippen LogP) is 9.47. The molecule has 4 aromatic rings. The highest BCUT2D eigenvalue weighted by Gasteiger charge is 2.34. The molecule has 0 radical (unpaired) electrons. The van der Waals surface area contributed by atoms with E-state index >= 15 is 0 Å². The van der Waals surface area contributed by atoms with Gasteiger partial charge in [0.05, 0.1) is 0 Å². The van der Waals surface area contributed by atoms with Crippen LogP contribution >= 0.6 is 11.3 Å². The molecule has 0 aliphatic carbocycles. The van der Waals surface area contributed by atoms with Crippen molar-refractivity contribution >= 4 is 11.3 Å². The van der Waals surface area contributed by atoms with E-state index in [9.17, 15) is 10.2 Å². The topological polar surface area (TPSA) is 66.5 Å². The standard InChI is InChI=1S/C34H41NO2S.C2H6/c1-32(2,3)30(22-16-17-38-21-22)29-19-27(18-23(20-35)31(29)37)34(6,7)25-10-8-24(9-11-25)33(4,5)26-12-14-28(36)15-13-26;1-2/h8-19,21,30,36-37H,20,35H2,1-7H3;1-2H3. The van der Waals surface area contributed by atoms with E-state index in [-0.39, 0.29) is 34.5 Å². The van der Waals surface area contributed by atoms with Crippen molar-refractivity contribution in [2.24, 2.45) is 11.1 Å². The molecule has 1 heterocycles. The van der Waals surface area contributed by atoms with Crippen LogP contribution in [0.25, 0.3) is 0 Å². The molecule has 1 atom stereocenters. The summed E-state index contributed by atoms with van der Waals surface area (Å²) in [4.78, 5) is 0. The number of phenolic OH excluding ortho intramolecular Hbond substituents is 2. The van der Waals surface area contributed by atoms with Gasteiger partial charge in [-0.2, -0.15) is 11.3 Å². The Kier molecular flexibility index (Phi) is 9.59. The van der Waals surface area contributed by atoms with Crippen molar-refractivity contribution in [1.82, 2.24) is 0 Å². The first-order chi connectivity index (χ1) is 18.8. The van der Waals surface area contributed by atoms with Gasteiger partial charge in [0.1, 0.15) is 11.5 Å². The zero-order valence-electron chi connectivity index (χ0n) is 25.7. The lowest BCUT2D eigenvalue weighted by atomic mass is 9.70. The van der Waals surface area contributed by atoms with E-state index in [1.54, 1.807) is 23.5 Å². The van der Waals surface area contributed by atoms with Crippen LogP contribution in [-0.2, 0) is 17.4 Å². The Morgan fingerprint density at radius 2 is 1.18 bits per heavy atom. The number of rotatable bonds is 7. The van der Waals surface area contributed by atoms with Crippen molar-refractivity contribution in [3.8, 4) is 11.5 Å². The van der Waals surface area contributed by atoms with E-state index in [2.05, 4.69) is 102 Å². The monoisotopic (exact) mass is 557 g/mol. The lowest BCUT2D eigenvalue weighted by molar-refractivity contribution is 0.346. The minimum atomic E-state index is -0.301. The summed E-state index contributed by atoms with van der Waals surface area (Å²) in [5.41, 5.74) is 13.2. The maximum Gasteiger partial charge on any atom is 0.123 e. The van der Waals surface area contributed by atoms with Gasteiger partial charge in [-0.3, -0.25) is 0 Å². The van der Waals surface area contributed by atoms with Crippen molar-refractivity contribution < 1.29 is 10.2 Å². The summed E-state index contributed by atoms with van der Waals surface area (Å²) in [5.74, 6) is 0.631. The molecule has 0 aliphatic rings. The third kappa shape index (κ3) is 6.29. The molecule has 0 aliphatic heterocycles. The molecule has 40 heavy (non-hydrogen) atoms. The van der Waals surface area contributed by atoms with Crippen LogP contribution in [0.3, 0.4) is 0 Å². The molecule has 0 bridgehead atoms. The van der Waals surface area contributed by atoms with Crippen LogP contribution in [0.5, 0.6) is 11.5 Å². The second-order valence-electron chi connectivity index (χ2n) is 12.5. The summed E-state index contributed by atoms with van der Waals surface area (Å²) in [6, 6.07) is 22.7. The van der Waals surface area contributed by atoms with E-state index in [1.165, 1.54) is 16.7 Å². The first-order valence-corrected chi connectivity index (χ1v) is 15.2. The quantitative estimate of drug-likeness (QED) is 0.212. The SMILES string of the molecule is CC.CC(C)(c1ccc(O)cc1)c1ccc(C(C)(C)c2cc(CN)c(O)c(C(c3ccsc3)C(C)(C)C)c2)cc1. The van der Waals surface area contributed by atoms with Crippen molar-refractivity contribution in [3.63, 3.8) is 0 Å². The molecule has 1 unspecified atom stereocenters. The summed E-state index contributed by atoms with van der Waals surface area (Å²) in [6.07, 6.45) is 0. The van der Waals surface area contributed by atoms with Crippen LogP contribution in [0.2, 0.25) is 0 Å². The highest BCUT2D eigenvalue weighted by Crippen LogP contribution is 2.47. The Balaban J connectivity index is 0.00000216. The average Bonchev–Trinajstić information content (AvgIpc) is 3.44. The highest BCUT2D eigenvalue weighted by molar-refractivity contribution is 7.08. The zero-order valence-corrected chi connectivity index (χ0v) is 26.5. The molecule has 1 aromatic heterocycles. The minimum absolute atomic E-state index is 0.0447. The van der Waals surface area contributed by atoms with Gasteiger partial charge in [-0.25, -0.2) is 0 Å². The number of nitrogens with two attached hydrogens (primary N) is 1. The van der Waals surface area contributed by atoms with Crippen LogP contribution in [-0.4, -0.2) is 10.2 Å². The Morgan fingerprint density at radius 1 is 0.700 bits per heavy atom. The fourth-order valence-corrected chi connectivity index (χ4v) is 6.24. The van der Waals surface area contributed by atoms with Gasteiger partial charge in [-0.1, -0.05) is 105 Å². The van der Waals surface area contributed by atoms with Gasteiger partial charge in [0, 0.05) is 34.4 Å². The summed E-state index contributed by atoms with van der Waals surface area (Å²) < 4.78 is 0. The molecule has 214 valence electrons. The largest absolute Gasteiger partial charge is 0.508 e. The van der Waals surface area contributed by atoms with Gasteiger partial charge >= 0.3 is 0 Å². The lowest BCUT2D eigenvalue weighted by Gasteiger charge is -2.34. The zero-order chi connectivity index (χ0) is 29.9. The van der Waals surface area contributed by atoms with Gasteiger partial charge in [-0.15, -0.1) is 0 Å².